The number of hydrogen-bond donors (Lipinski definition) is 2. The second-order valence-electron chi connectivity index (χ2n) is 7.70. The lowest BCUT2D eigenvalue weighted by Gasteiger charge is -2.33. The monoisotopic (exact) mass is 437 g/mol. The third-order valence-corrected chi connectivity index (χ3v) is 5.17. The summed E-state index contributed by atoms with van der Waals surface area (Å²) in [7, 11) is 3.16. The molecule has 0 radical (unpaired) electrons. The summed E-state index contributed by atoms with van der Waals surface area (Å²) in [6.07, 6.45) is -0.290. The topological polar surface area (TPSA) is 97.0 Å². The van der Waals surface area contributed by atoms with E-state index in [4.69, 9.17) is 9.47 Å². The number of urea groups is 1. The molecular weight excluding hydrogens is 410 g/mol. The van der Waals surface area contributed by atoms with E-state index in [-0.39, 0.29) is 18.0 Å². The van der Waals surface area contributed by atoms with Crippen LogP contribution in [-0.2, 0) is 9.53 Å². The molecule has 0 saturated carbocycles. The number of methoxy groups -OCH3 is 1. The van der Waals surface area contributed by atoms with Crippen LogP contribution in [0.15, 0.2) is 59.8 Å². The largest absolute Gasteiger partial charge is 0.497 e. The van der Waals surface area contributed by atoms with Crippen LogP contribution < -0.4 is 15.4 Å². The van der Waals surface area contributed by atoms with Crippen molar-refractivity contribution in [3.05, 3.63) is 70.9 Å². The van der Waals surface area contributed by atoms with Gasteiger partial charge in [0.05, 0.1) is 24.8 Å². The van der Waals surface area contributed by atoms with Crippen molar-refractivity contribution in [3.63, 3.8) is 0 Å². The molecule has 3 rings (SSSR count). The van der Waals surface area contributed by atoms with Gasteiger partial charge >= 0.3 is 12.0 Å². The predicted octanol–water partition coefficient (Wildman–Crippen LogP) is 3.87. The van der Waals surface area contributed by atoms with Crippen LogP contribution in [0, 0.1) is 0 Å². The van der Waals surface area contributed by atoms with Crippen LogP contribution in [0.4, 0.5) is 10.5 Å². The van der Waals surface area contributed by atoms with E-state index in [0.717, 1.165) is 0 Å². The van der Waals surface area contributed by atoms with Crippen molar-refractivity contribution in [2.75, 3.05) is 19.5 Å². The molecule has 1 aliphatic rings. The first-order valence-electron chi connectivity index (χ1n) is 10.2. The summed E-state index contributed by atoms with van der Waals surface area (Å²) >= 11 is 0. The zero-order valence-corrected chi connectivity index (χ0v) is 18.8. The van der Waals surface area contributed by atoms with E-state index in [1.807, 2.05) is 0 Å². The fourth-order valence-corrected chi connectivity index (χ4v) is 3.33. The molecule has 1 atom stereocenters. The normalized spacial score (nSPS) is 16.0. The van der Waals surface area contributed by atoms with Crippen molar-refractivity contribution in [2.45, 2.75) is 32.9 Å². The third-order valence-electron chi connectivity index (χ3n) is 5.17. The minimum atomic E-state index is -0.656. The lowest BCUT2D eigenvalue weighted by Crippen LogP contribution is -2.46. The third kappa shape index (κ3) is 4.91. The summed E-state index contributed by atoms with van der Waals surface area (Å²) < 4.78 is 10.5. The molecule has 1 aliphatic heterocycles. The highest BCUT2D eigenvalue weighted by atomic mass is 16.5. The molecule has 8 heteroatoms. The van der Waals surface area contributed by atoms with Crippen molar-refractivity contribution in [3.8, 4) is 5.75 Å². The van der Waals surface area contributed by atoms with Gasteiger partial charge in [-0.1, -0.05) is 12.1 Å². The lowest BCUT2D eigenvalue weighted by molar-refractivity contribution is -0.143. The average molecular weight is 437 g/mol. The molecule has 1 heterocycles. The molecule has 0 fully saturated rings. The van der Waals surface area contributed by atoms with Crippen LogP contribution in [-0.4, -0.2) is 43.1 Å². The van der Waals surface area contributed by atoms with Gasteiger partial charge in [-0.2, -0.15) is 0 Å². The maximum absolute atomic E-state index is 12.7. The number of ether oxygens (including phenoxy) is 2. The van der Waals surface area contributed by atoms with Gasteiger partial charge in [0.2, 0.25) is 0 Å². The number of hydrogen-bond acceptors (Lipinski definition) is 5. The Kier molecular flexibility index (Phi) is 6.82. The molecule has 0 bridgehead atoms. The SMILES string of the molecule is COc1ccc(C(=O)Nc2ccc(C3NC(=O)N(C)C(C)=C3C(=O)OC(C)C)cc2)cc1. The number of esters is 1. The summed E-state index contributed by atoms with van der Waals surface area (Å²) in [5.74, 6) is -0.0719. The minimum absolute atomic E-state index is 0.259. The number of rotatable bonds is 6. The number of anilines is 1. The number of amides is 3. The Hall–Kier alpha value is -3.81. The number of carbonyl (C=O) groups is 3. The highest BCUT2D eigenvalue weighted by molar-refractivity contribution is 6.04. The van der Waals surface area contributed by atoms with Gasteiger partial charge in [0, 0.05) is 24.0 Å². The highest BCUT2D eigenvalue weighted by Crippen LogP contribution is 2.31. The van der Waals surface area contributed by atoms with E-state index < -0.39 is 12.0 Å². The van der Waals surface area contributed by atoms with Gasteiger partial charge in [0.15, 0.2) is 0 Å². The van der Waals surface area contributed by atoms with E-state index in [1.54, 1.807) is 83.5 Å². The molecule has 2 N–H and O–H groups in total. The Bertz CT molecular complexity index is 1040. The Morgan fingerprint density at radius 3 is 2.25 bits per heavy atom. The van der Waals surface area contributed by atoms with Crippen LogP contribution in [0.5, 0.6) is 5.75 Å². The zero-order chi connectivity index (χ0) is 23.4. The molecule has 2 aromatic carbocycles. The van der Waals surface area contributed by atoms with E-state index in [0.29, 0.717) is 33.8 Å². The van der Waals surface area contributed by atoms with Crippen molar-refractivity contribution >= 4 is 23.6 Å². The van der Waals surface area contributed by atoms with E-state index >= 15 is 0 Å². The summed E-state index contributed by atoms with van der Waals surface area (Å²) in [4.78, 5) is 39.0. The molecule has 0 aromatic heterocycles. The Morgan fingerprint density at radius 2 is 1.69 bits per heavy atom. The minimum Gasteiger partial charge on any atom is -0.497 e. The number of carbonyl (C=O) groups excluding carboxylic acids is 3. The van der Waals surface area contributed by atoms with Gasteiger partial charge in [-0.05, 0) is 62.7 Å². The maximum atomic E-state index is 12.7. The molecule has 3 amide bonds. The van der Waals surface area contributed by atoms with Gasteiger partial charge in [0.1, 0.15) is 5.75 Å². The Labute approximate surface area is 187 Å². The quantitative estimate of drug-likeness (QED) is 0.669. The van der Waals surface area contributed by atoms with Crippen molar-refractivity contribution in [1.82, 2.24) is 10.2 Å². The zero-order valence-electron chi connectivity index (χ0n) is 18.8. The van der Waals surface area contributed by atoms with Gasteiger partial charge in [0.25, 0.3) is 5.91 Å². The smallest absolute Gasteiger partial charge is 0.338 e. The number of benzene rings is 2. The van der Waals surface area contributed by atoms with Crippen LogP contribution in [0.2, 0.25) is 0 Å². The maximum Gasteiger partial charge on any atom is 0.338 e. The number of nitrogens with zero attached hydrogens (tertiary/aromatic N) is 1. The molecule has 168 valence electrons. The molecule has 0 spiro atoms. The van der Waals surface area contributed by atoms with Gasteiger partial charge in [-0.25, -0.2) is 9.59 Å². The summed E-state index contributed by atoms with van der Waals surface area (Å²) in [6.45, 7) is 5.26. The number of nitrogens with one attached hydrogen (secondary N) is 2. The van der Waals surface area contributed by atoms with Crippen LogP contribution in [0.3, 0.4) is 0 Å². The molecule has 8 nitrogen and oxygen atoms in total. The first-order valence-corrected chi connectivity index (χ1v) is 10.2. The van der Waals surface area contributed by atoms with E-state index in [1.165, 1.54) is 4.90 Å². The van der Waals surface area contributed by atoms with Crippen LogP contribution >= 0.6 is 0 Å². The summed E-state index contributed by atoms with van der Waals surface area (Å²) in [6, 6.07) is 12.8. The standard InChI is InChI=1S/C24H27N3O5/c1-14(2)32-23(29)20-15(3)27(4)24(30)26-21(20)16-6-10-18(11-7-16)25-22(28)17-8-12-19(31-5)13-9-17/h6-14,21H,1-5H3,(H,25,28)(H,26,30). The van der Waals surface area contributed by atoms with Gasteiger partial charge in [-0.3, -0.25) is 4.79 Å². The average Bonchev–Trinajstić information content (AvgIpc) is 2.77. The van der Waals surface area contributed by atoms with Gasteiger partial charge in [-0.15, -0.1) is 0 Å². The van der Waals surface area contributed by atoms with Crippen molar-refractivity contribution in [2.24, 2.45) is 0 Å². The fourth-order valence-electron chi connectivity index (χ4n) is 3.33. The molecule has 0 aliphatic carbocycles. The fraction of sp³-hybridized carbons (Fsp3) is 0.292. The highest BCUT2D eigenvalue weighted by Gasteiger charge is 2.35. The second kappa shape index (κ2) is 9.55. The van der Waals surface area contributed by atoms with Crippen LogP contribution in [0.1, 0.15) is 42.7 Å². The van der Waals surface area contributed by atoms with Crippen molar-refractivity contribution in [1.29, 1.82) is 0 Å². The second-order valence-corrected chi connectivity index (χ2v) is 7.70. The molecule has 1 unspecified atom stereocenters. The molecular formula is C24H27N3O5. The van der Waals surface area contributed by atoms with Gasteiger partial charge < -0.3 is 25.0 Å². The Morgan fingerprint density at radius 1 is 1.06 bits per heavy atom. The Balaban J connectivity index is 1.81. The first-order chi connectivity index (χ1) is 15.2. The lowest BCUT2D eigenvalue weighted by atomic mass is 9.95. The summed E-state index contributed by atoms with van der Waals surface area (Å²) in [5.41, 5.74) is 2.68. The molecule has 0 saturated heterocycles. The van der Waals surface area contributed by atoms with E-state index in [9.17, 15) is 14.4 Å². The number of allylic oxidation sites excluding steroid dienone is 1. The van der Waals surface area contributed by atoms with E-state index in [2.05, 4.69) is 10.6 Å². The van der Waals surface area contributed by atoms with Crippen molar-refractivity contribution < 1.29 is 23.9 Å². The summed E-state index contributed by atoms with van der Waals surface area (Å²) in [5, 5.41) is 5.67. The molecule has 2 aromatic rings. The van der Waals surface area contributed by atoms with Crippen LogP contribution in [0.25, 0.3) is 0 Å². The predicted molar refractivity (Wildman–Crippen MR) is 120 cm³/mol. The molecule has 32 heavy (non-hydrogen) atoms. The first kappa shape index (κ1) is 22.9.